The van der Waals surface area contributed by atoms with E-state index in [1.165, 1.54) is 12.1 Å². The highest BCUT2D eigenvalue weighted by molar-refractivity contribution is 6.12. The normalized spacial score (nSPS) is 15.1. The summed E-state index contributed by atoms with van der Waals surface area (Å²) in [4.78, 5) is 0. The third kappa shape index (κ3) is 5.26. The average molecular weight is 682 g/mol. The molecule has 3 aromatic rings. The Morgan fingerprint density at radius 3 is 1.08 bits per heavy atom. The fourth-order valence-corrected chi connectivity index (χ4v) is 4.95. The Kier molecular flexibility index (Phi) is 8.79. The van der Waals surface area contributed by atoms with Crippen molar-refractivity contribution in [3.05, 3.63) is 120 Å². The molecule has 0 spiro atoms. The summed E-state index contributed by atoms with van der Waals surface area (Å²) in [5.74, 6) is -19.3. The summed E-state index contributed by atoms with van der Waals surface area (Å²) in [5.41, 5.74) is -19.6. The standard InChI is InChI=1S/C32H5F11N6/c1-10-2-11(4-44)3-17(32(41,42)43)18(10)12(5-45)19-20(13(6-46)22-28(37)24(33)15(8-48)25(34)29(22)38)21(19)14(7-47)23-30(39)26(35)16(9-49)27(36)31(23)40/h2-3H,1H3/b19-12-,20-13?,21-14-. The lowest BCUT2D eigenvalue weighted by molar-refractivity contribution is -0.137. The maximum atomic E-state index is 15.2. The van der Waals surface area contributed by atoms with Crippen LogP contribution >= 0.6 is 0 Å². The van der Waals surface area contributed by atoms with Crippen LogP contribution in [0.3, 0.4) is 0 Å². The number of aryl methyl sites for hydroxylation is 1. The van der Waals surface area contributed by atoms with Crippen molar-refractivity contribution in [3.8, 4) is 36.4 Å². The molecule has 17 heteroatoms. The molecule has 0 atom stereocenters. The molecule has 0 saturated heterocycles. The van der Waals surface area contributed by atoms with Crippen molar-refractivity contribution < 1.29 is 48.3 Å². The van der Waals surface area contributed by atoms with E-state index in [1.807, 2.05) is 0 Å². The Labute approximate surface area is 266 Å². The number of nitrogens with zero attached hydrogens (tertiary/aromatic N) is 6. The number of halogens is 11. The summed E-state index contributed by atoms with van der Waals surface area (Å²) in [6.45, 7) is 0.935. The van der Waals surface area contributed by atoms with Crippen molar-refractivity contribution in [2.75, 3.05) is 0 Å². The van der Waals surface area contributed by atoms with Gasteiger partial charge in [-0.25, -0.2) is 35.1 Å². The Morgan fingerprint density at radius 1 is 0.490 bits per heavy atom. The summed E-state index contributed by atoms with van der Waals surface area (Å²) in [6, 6.07) is 7.57. The van der Waals surface area contributed by atoms with Gasteiger partial charge in [0.1, 0.15) is 41.5 Å². The molecule has 4 rings (SSSR count). The number of allylic oxidation sites excluding steroid dienone is 6. The van der Waals surface area contributed by atoms with Crippen LogP contribution in [0, 0.1) is 121 Å². The van der Waals surface area contributed by atoms with Gasteiger partial charge in [-0.1, -0.05) is 0 Å². The fraction of sp³-hybridized carbons (Fsp3) is 0.0625. The molecule has 0 amide bonds. The van der Waals surface area contributed by atoms with Crippen LogP contribution in [0.2, 0.25) is 0 Å². The molecule has 0 aromatic heterocycles. The van der Waals surface area contributed by atoms with Gasteiger partial charge in [-0.05, 0) is 24.6 Å². The second kappa shape index (κ2) is 12.3. The highest BCUT2D eigenvalue weighted by Gasteiger charge is 2.46. The molecule has 0 bridgehead atoms. The molecule has 0 unspecified atom stereocenters. The first-order valence-corrected chi connectivity index (χ1v) is 12.6. The summed E-state index contributed by atoms with van der Waals surface area (Å²) in [6.07, 6.45) is -5.39. The third-order valence-electron chi connectivity index (χ3n) is 7.04. The predicted molar refractivity (Wildman–Crippen MR) is 140 cm³/mol. The number of hydrogen-bond donors (Lipinski definition) is 0. The van der Waals surface area contributed by atoms with Gasteiger partial charge in [0, 0.05) is 22.3 Å². The van der Waals surface area contributed by atoms with Crippen LogP contribution in [0.25, 0.3) is 16.7 Å². The number of nitriles is 6. The first kappa shape index (κ1) is 34.9. The Bertz CT molecular complexity index is 2250. The van der Waals surface area contributed by atoms with E-state index in [0.717, 1.165) is 37.3 Å². The number of hydrogen-bond acceptors (Lipinski definition) is 6. The average Bonchev–Trinajstić information content (AvgIpc) is 3.77. The molecule has 6 nitrogen and oxygen atoms in total. The molecule has 0 aliphatic heterocycles. The SMILES string of the molecule is Cc1cc(C#N)cc(C(F)(F)F)c1/C(C#N)=C1/C(=C(C#N)c2c(F)c(F)c(C#N)c(F)c2F)/C1=C(/C#N)c1c(F)c(F)c(C#N)c(F)c1F. The molecule has 0 N–H and O–H groups in total. The summed E-state index contributed by atoms with van der Waals surface area (Å²) in [5, 5.41) is 56.9. The van der Waals surface area contributed by atoms with E-state index in [2.05, 4.69) is 0 Å². The van der Waals surface area contributed by atoms with Crippen LogP contribution in [0.15, 0.2) is 28.9 Å². The fourth-order valence-electron chi connectivity index (χ4n) is 4.95. The van der Waals surface area contributed by atoms with Gasteiger partial charge in [0.2, 0.25) is 0 Å². The van der Waals surface area contributed by atoms with Crippen LogP contribution in [-0.2, 0) is 6.18 Å². The summed E-state index contributed by atoms with van der Waals surface area (Å²) >= 11 is 0. The molecule has 1 aliphatic rings. The van der Waals surface area contributed by atoms with Crippen molar-refractivity contribution >= 4 is 16.7 Å². The number of rotatable bonds is 3. The first-order chi connectivity index (χ1) is 23.0. The Hall–Kier alpha value is -6.95. The predicted octanol–water partition coefficient (Wildman–Crippen LogP) is 7.99. The minimum absolute atomic E-state index is 0.251. The van der Waals surface area contributed by atoms with E-state index < -0.39 is 131 Å². The zero-order valence-corrected chi connectivity index (χ0v) is 23.5. The molecule has 3 aromatic carbocycles. The zero-order valence-electron chi connectivity index (χ0n) is 23.5. The summed E-state index contributed by atoms with van der Waals surface area (Å²) in [7, 11) is 0. The molecule has 1 fully saturated rings. The van der Waals surface area contributed by atoms with Crippen molar-refractivity contribution in [3.63, 3.8) is 0 Å². The van der Waals surface area contributed by atoms with E-state index in [9.17, 15) is 51.8 Å². The second-order valence-corrected chi connectivity index (χ2v) is 9.65. The molecule has 0 radical (unpaired) electrons. The Balaban J connectivity index is 2.38. The smallest absolute Gasteiger partial charge is 0.203 e. The molecule has 1 saturated carbocycles. The molecule has 49 heavy (non-hydrogen) atoms. The minimum Gasteiger partial charge on any atom is -0.203 e. The highest BCUT2D eigenvalue weighted by atomic mass is 19.4. The van der Waals surface area contributed by atoms with Crippen molar-refractivity contribution in [1.82, 2.24) is 0 Å². The van der Waals surface area contributed by atoms with Crippen molar-refractivity contribution in [2.24, 2.45) is 0 Å². The van der Waals surface area contributed by atoms with E-state index in [-0.39, 0.29) is 6.07 Å². The lowest BCUT2D eigenvalue weighted by Gasteiger charge is -2.15. The van der Waals surface area contributed by atoms with E-state index in [1.54, 1.807) is 0 Å². The molecule has 1 aliphatic carbocycles. The Morgan fingerprint density at radius 2 is 0.816 bits per heavy atom. The lowest BCUT2D eigenvalue weighted by atomic mass is 9.91. The van der Waals surface area contributed by atoms with Gasteiger partial charge >= 0.3 is 6.18 Å². The molecule has 240 valence electrons. The molecular formula is C32H5F11N6. The number of benzene rings is 3. The minimum atomic E-state index is -5.39. The van der Waals surface area contributed by atoms with Crippen LogP contribution in [0.4, 0.5) is 48.3 Å². The van der Waals surface area contributed by atoms with Gasteiger partial charge in [0.15, 0.2) is 46.5 Å². The van der Waals surface area contributed by atoms with Gasteiger partial charge in [0.05, 0.1) is 45.0 Å². The zero-order chi connectivity index (χ0) is 36.9. The molecular weight excluding hydrogens is 677 g/mol. The van der Waals surface area contributed by atoms with Gasteiger partial charge < -0.3 is 0 Å². The van der Waals surface area contributed by atoms with Crippen molar-refractivity contribution in [2.45, 2.75) is 13.1 Å². The third-order valence-corrected chi connectivity index (χ3v) is 7.04. The van der Waals surface area contributed by atoms with Gasteiger partial charge in [-0.3, -0.25) is 0 Å². The monoisotopic (exact) mass is 682 g/mol. The summed E-state index contributed by atoms with van der Waals surface area (Å²) < 4.78 is 162. The topological polar surface area (TPSA) is 143 Å². The highest BCUT2D eigenvalue weighted by Crippen LogP contribution is 2.58. The van der Waals surface area contributed by atoms with Crippen molar-refractivity contribution in [1.29, 1.82) is 31.6 Å². The largest absolute Gasteiger partial charge is 0.417 e. The maximum absolute atomic E-state index is 15.2. The van der Waals surface area contributed by atoms with Gasteiger partial charge in [0.25, 0.3) is 0 Å². The second-order valence-electron chi connectivity index (χ2n) is 9.65. The quantitative estimate of drug-likeness (QED) is 0.156. The van der Waals surface area contributed by atoms with Crippen LogP contribution < -0.4 is 0 Å². The van der Waals surface area contributed by atoms with E-state index in [4.69, 9.17) is 10.5 Å². The van der Waals surface area contributed by atoms with Gasteiger partial charge in [-0.2, -0.15) is 44.7 Å². The van der Waals surface area contributed by atoms with E-state index >= 15 is 17.6 Å². The number of alkyl halides is 3. The van der Waals surface area contributed by atoms with Crippen LogP contribution in [0.5, 0.6) is 0 Å². The lowest BCUT2D eigenvalue weighted by Crippen LogP contribution is -2.11. The first-order valence-electron chi connectivity index (χ1n) is 12.6. The van der Waals surface area contributed by atoms with Crippen LogP contribution in [0.1, 0.15) is 44.5 Å². The van der Waals surface area contributed by atoms with Crippen LogP contribution in [-0.4, -0.2) is 0 Å². The van der Waals surface area contributed by atoms with Gasteiger partial charge in [-0.15, -0.1) is 0 Å². The maximum Gasteiger partial charge on any atom is 0.417 e. The molecule has 0 heterocycles. The van der Waals surface area contributed by atoms with E-state index in [0.29, 0.717) is 0 Å².